The molecule has 14 heavy (non-hydrogen) atoms. The number of hydrogen-bond acceptors (Lipinski definition) is 4. The molecule has 0 aliphatic rings. The fourth-order valence-electron chi connectivity index (χ4n) is 1.11. The molecule has 0 spiro atoms. The number of nitrogens with zero attached hydrogens (tertiary/aromatic N) is 4. The van der Waals surface area contributed by atoms with E-state index in [0.29, 0.717) is 5.76 Å². The minimum Gasteiger partial charge on any atom is -0.463 e. The number of aromatic nitrogens is 3. The number of furan rings is 1. The molecule has 0 saturated carbocycles. The lowest BCUT2D eigenvalue weighted by atomic mass is 10.5. The molecule has 0 aliphatic heterocycles. The molecule has 0 N–H and O–H groups in total. The highest BCUT2D eigenvalue weighted by Gasteiger charge is 2.01. The summed E-state index contributed by atoms with van der Waals surface area (Å²) in [5.74, 6) is 2.22. The summed E-state index contributed by atoms with van der Waals surface area (Å²) in [5.41, 5.74) is 0. The predicted octanol–water partition coefficient (Wildman–Crippen LogP) is 1.37. The Bertz CT molecular complexity index is 422. The van der Waals surface area contributed by atoms with Crippen molar-refractivity contribution in [1.82, 2.24) is 14.9 Å². The highest BCUT2D eigenvalue weighted by Crippen LogP contribution is 2.00. The maximum absolute atomic E-state index is 5.11. The quantitative estimate of drug-likeness (QED) is 0.672. The summed E-state index contributed by atoms with van der Waals surface area (Å²) in [5, 5.41) is 12.0. The van der Waals surface area contributed by atoms with E-state index in [1.54, 1.807) is 17.2 Å². The molecule has 0 unspecified atom stereocenters. The second-order valence-corrected chi connectivity index (χ2v) is 2.87. The summed E-state index contributed by atoms with van der Waals surface area (Å²) in [6, 6.07) is 3.64. The van der Waals surface area contributed by atoms with Crippen molar-refractivity contribution in [3.05, 3.63) is 35.8 Å². The Morgan fingerprint density at radius 1 is 1.36 bits per heavy atom. The molecule has 2 rings (SSSR count). The zero-order chi connectivity index (χ0) is 9.97. The van der Waals surface area contributed by atoms with E-state index in [-0.39, 0.29) is 0 Å². The van der Waals surface area contributed by atoms with Gasteiger partial charge in [0.1, 0.15) is 5.76 Å². The van der Waals surface area contributed by atoms with Crippen molar-refractivity contribution >= 4 is 6.21 Å². The van der Waals surface area contributed by atoms with E-state index in [1.165, 1.54) is 0 Å². The van der Waals surface area contributed by atoms with Crippen LogP contribution in [0.2, 0.25) is 0 Å². The average molecular weight is 190 g/mol. The lowest BCUT2D eigenvalue weighted by Gasteiger charge is -1.94. The molecule has 72 valence electrons. The summed E-state index contributed by atoms with van der Waals surface area (Å²) in [6.45, 7) is 3.69. The Morgan fingerprint density at radius 3 is 2.64 bits per heavy atom. The van der Waals surface area contributed by atoms with Crippen molar-refractivity contribution in [2.75, 3.05) is 0 Å². The molecule has 2 aromatic heterocycles. The maximum Gasteiger partial charge on any atom is 0.151 e. The molecular weight excluding hydrogens is 180 g/mol. The molecule has 0 fully saturated rings. The van der Waals surface area contributed by atoms with Gasteiger partial charge in [0.05, 0.1) is 12.5 Å². The summed E-state index contributed by atoms with van der Waals surface area (Å²) >= 11 is 0. The van der Waals surface area contributed by atoms with Crippen LogP contribution < -0.4 is 0 Å². The minimum atomic E-state index is 0.706. The molecule has 5 heteroatoms. The van der Waals surface area contributed by atoms with Gasteiger partial charge in [0.25, 0.3) is 0 Å². The monoisotopic (exact) mass is 190 g/mol. The highest BCUT2D eigenvalue weighted by molar-refractivity contribution is 5.75. The lowest BCUT2D eigenvalue weighted by Crippen LogP contribution is -1.95. The molecule has 0 amide bonds. The largest absolute Gasteiger partial charge is 0.463 e. The van der Waals surface area contributed by atoms with E-state index < -0.39 is 0 Å². The zero-order valence-electron chi connectivity index (χ0n) is 8.01. The Labute approximate surface area is 81.1 Å². The van der Waals surface area contributed by atoms with Crippen LogP contribution in [0.25, 0.3) is 0 Å². The van der Waals surface area contributed by atoms with Gasteiger partial charge in [-0.05, 0) is 26.0 Å². The molecule has 0 radical (unpaired) electrons. The van der Waals surface area contributed by atoms with Crippen LogP contribution in [0, 0.1) is 13.8 Å². The molecular formula is C9H10N4O. The first-order valence-electron chi connectivity index (χ1n) is 4.24. The summed E-state index contributed by atoms with van der Waals surface area (Å²) in [4.78, 5) is 0. The molecule has 2 aromatic rings. The van der Waals surface area contributed by atoms with Crippen molar-refractivity contribution < 1.29 is 4.42 Å². The van der Waals surface area contributed by atoms with Gasteiger partial charge in [-0.15, -0.1) is 10.2 Å². The van der Waals surface area contributed by atoms with Gasteiger partial charge in [0.2, 0.25) is 0 Å². The van der Waals surface area contributed by atoms with Gasteiger partial charge in [-0.2, -0.15) is 5.10 Å². The van der Waals surface area contributed by atoms with Crippen LogP contribution in [0.3, 0.4) is 0 Å². The summed E-state index contributed by atoms with van der Waals surface area (Å²) in [7, 11) is 0. The van der Waals surface area contributed by atoms with Crippen molar-refractivity contribution in [2.24, 2.45) is 5.10 Å². The van der Waals surface area contributed by atoms with Gasteiger partial charge in [0, 0.05) is 0 Å². The maximum atomic E-state index is 5.11. The second kappa shape index (κ2) is 3.45. The lowest BCUT2D eigenvalue weighted by molar-refractivity contribution is 0.559. The molecule has 2 heterocycles. The van der Waals surface area contributed by atoms with Crippen LogP contribution in [0.15, 0.2) is 27.9 Å². The predicted molar refractivity (Wildman–Crippen MR) is 51.2 cm³/mol. The highest BCUT2D eigenvalue weighted by atomic mass is 16.3. The van der Waals surface area contributed by atoms with Crippen LogP contribution in [0.4, 0.5) is 0 Å². The molecule has 0 atom stereocenters. The Kier molecular flexibility index (Phi) is 2.14. The molecule has 0 aliphatic carbocycles. The average Bonchev–Trinajstić information content (AvgIpc) is 2.76. The van der Waals surface area contributed by atoms with E-state index in [4.69, 9.17) is 4.42 Å². The molecule has 0 bridgehead atoms. The van der Waals surface area contributed by atoms with Crippen molar-refractivity contribution in [3.8, 4) is 0 Å². The first kappa shape index (κ1) is 8.68. The SMILES string of the molecule is Cc1nnc(C)n1/N=C\c1ccco1. The topological polar surface area (TPSA) is 56.2 Å². The normalized spacial score (nSPS) is 11.3. The van der Waals surface area contributed by atoms with E-state index in [2.05, 4.69) is 15.3 Å². The molecule has 0 saturated heterocycles. The second-order valence-electron chi connectivity index (χ2n) is 2.87. The van der Waals surface area contributed by atoms with Crippen LogP contribution in [-0.4, -0.2) is 21.1 Å². The van der Waals surface area contributed by atoms with Crippen LogP contribution in [0.1, 0.15) is 17.4 Å². The van der Waals surface area contributed by atoms with Crippen LogP contribution >= 0.6 is 0 Å². The van der Waals surface area contributed by atoms with Gasteiger partial charge >= 0.3 is 0 Å². The van der Waals surface area contributed by atoms with Crippen molar-refractivity contribution in [1.29, 1.82) is 0 Å². The number of rotatable bonds is 2. The third kappa shape index (κ3) is 1.56. The van der Waals surface area contributed by atoms with Crippen LogP contribution in [0.5, 0.6) is 0 Å². The summed E-state index contributed by atoms with van der Waals surface area (Å²) < 4.78 is 6.76. The first-order valence-corrected chi connectivity index (χ1v) is 4.24. The Balaban J connectivity index is 2.26. The van der Waals surface area contributed by atoms with Crippen LogP contribution in [-0.2, 0) is 0 Å². The minimum absolute atomic E-state index is 0.706. The smallest absolute Gasteiger partial charge is 0.151 e. The fraction of sp³-hybridized carbons (Fsp3) is 0.222. The van der Waals surface area contributed by atoms with Gasteiger partial charge in [-0.1, -0.05) is 0 Å². The van der Waals surface area contributed by atoms with Gasteiger partial charge in [0.15, 0.2) is 11.6 Å². The standard InChI is InChI=1S/C9H10N4O/c1-7-11-12-8(2)13(7)10-6-9-4-3-5-14-9/h3-6H,1-2H3/b10-6-. The summed E-state index contributed by atoms with van der Waals surface area (Å²) in [6.07, 6.45) is 3.23. The van der Waals surface area contributed by atoms with Gasteiger partial charge in [-0.25, -0.2) is 4.68 Å². The zero-order valence-corrected chi connectivity index (χ0v) is 8.01. The number of hydrogen-bond donors (Lipinski definition) is 0. The van der Waals surface area contributed by atoms with Crippen molar-refractivity contribution in [3.63, 3.8) is 0 Å². The molecule has 0 aromatic carbocycles. The Morgan fingerprint density at radius 2 is 2.07 bits per heavy atom. The Hall–Kier alpha value is -1.91. The van der Waals surface area contributed by atoms with Crippen molar-refractivity contribution in [2.45, 2.75) is 13.8 Å². The van der Waals surface area contributed by atoms with E-state index >= 15 is 0 Å². The van der Waals surface area contributed by atoms with E-state index in [9.17, 15) is 0 Å². The van der Waals surface area contributed by atoms with Gasteiger partial charge in [-0.3, -0.25) is 0 Å². The fourth-order valence-corrected chi connectivity index (χ4v) is 1.11. The third-order valence-electron chi connectivity index (χ3n) is 1.80. The van der Waals surface area contributed by atoms with E-state index in [0.717, 1.165) is 11.6 Å². The molecule has 5 nitrogen and oxygen atoms in total. The first-order chi connectivity index (χ1) is 6.77. The third-order valence-corrected chi connectivity index (χ3v) is 1.80. The number of aryl methyl sites for hydroxylation is 2. The van der Waals surface area contributed by atoms with Gasteiger partial charge < -0.3 is 4.42 Å². The van der Waals surface area contributed by atoms with E-state index in [1.807, 2.05) is 26.0 Å².